The van der Waals surface area contributed by atoms with Crippen molar-refractivity contribution in [3.05, 3.63) is 22.8 Å². The smallest absolute Gasteiger partial charge is 0.181 e. The highest BCUT2D eigenvalue weighted by Crippen LogP contribution is 2.60. The van der Waals surface area contributed by atoms with Crippen LogP contribution in [-0.4, -0.2) is 11.6 Å². The van der Waals surface area contributed by atoms with Crippen LogP contribution >= 0.6 is 0 Å². The molecule has 0 aromatic rings. The van der Waals surface area contributed by atoms with E-state index in [9.17, 15) is 9.59 Å². The van der Waals surface area contributed by atoms with Crippen molar-refractivity contribution >= 4 is 11.6 Å². The lowest BCUT2D eigenvalue weighted by molar-refractivity contribution is -0.129. The average Bonchev–Trinajstić information content (AvgIpc) is 2.40. The molecule has 1 spiro atoms. The van der Waals surface area contributed by atoms with E-state index < -0.39 is 0 Å². The van der Waals surface area contributed by atoms with E-state index >= 15 is 0 Å². The molecule has 0 aromatic heterocycles. The van der Waals surface area contributed by atoms with Gasteiger partial charge in [-0.3, -0.25) is 9.59 Å². The number of rotatable bonds is 0. The molecule has 5 aliphatic rings. The fourth-order valence-electron chi connectivity index (χ4n) is 4.66. The lowest BCUT2D eigenvalue weighted by Gasteiger charge is -2.52. The second-order valence-corrected chi connectivity index (χ2v) is 6.36. The van der Waals surface area contributed by atoms with Crippen molar-refractivity contribution in [2.45, 2.75) is 51.4 Å². The minimum atomic E-state index is -0.00447. The fourth-order valence-corrected chi connectivity index (χ4v) is 4.66. The highest BCUT2D eigenvalue weighted by molar-refractivity contribution is 6.07. The molecule has 5 aliphatic carbocycles. The SMILES string of the molecule is O=C1C=C2CC3CCC2(CC3=O)C2=C1CCCC2. The van der Waals surface area contributed by atoms with Gasteiger partial charge >= 0.3 is 0 Å². The molecule has 3 saturated carbocycles. The zero-order chi connectivity index (χ0) is 12.3. The van der Waals surface area contributed by atoms with Gasteiger partial charge in [0, 0.05) is 17.8 Å². The van der Waals surface area contributed by atoms with E-state index in [2.05, 4.69) is 0 Å². The van der Waals surface area contributed by atoms with Crippen molar-refractivity contribution in [3.63, 3.8) is 0 Å². The Balaban J connectivity index is 1.90. The Hall–Kier alpha value is -1.18. The predicted molar refractivity (Wildman–Crippen MR) is 68.0 cm³/mol. The van der Waals surface area contributed by atoms with Crippen LogP contribution in [0.4, 0.5) is 0 Å². The van der Waals surface area contributed by atoms with Gasteiger partial charge in [-0.1, -0.05) is 11.1 Å². The number of hydrogen-bond acceptors (Lipinski definition) is 2. The Morgan fingerprint density at radius 3 is 2.83 bits per heavy atom. The Morgan fingerprint density at radius 1 is 1.17 bits per heavy atom. The summed E-state index contributed by atoms with van der Waals surface area (Å²) in [7, 11) is 0. The third-order valence-electron chi connectivity index (χ3n) is 5.58. The predicted octanol–water partition coefficient (Wildman–Crippen LogP) is 3.13. The van der Waals surface area contributed by atoms with Crippen molar-refractivity contribution in [2.24, 2.45) is 11.3 Å². The van der Waals surface area contributed by atoms with Crippen LogP contribution in [0.2, 0.25) is 0 Å². The monoisotopic (exact) mass is 242 g/mol. The van der Waals surface area contributed by atoms with Gasteiger partial charge in [0.2, 0.25) is 0 Å². The fraction of sp³-hybridized carbons (Fsp3) is 0.625. The number of ketones is 2. The Morgan fingerprint density at radius 2 is 2.00 bits per heavy atom. The van der Waals surface area contributed by atoms with Gasteiger partial charge in [-0.05, 0) is 56.6 Å². The zero-order valence-electron chi connectivity index (χ0n) is 10.6. The number of Topliss-reactive ketones (excluding diaryl/α,β-unsaturated/α-hetero) is 1. The van der Waals surface area contributed by atoms with Crippen molar-refractivity contribution in [2.75, 3.05) is 0 Å². The summed E-state index contributed by atoms with van der Waals surface area (Å²) in [6.45, 7) is 0. The van der Waals surface area contributed by atoms with E-state index in [1.807, 2.05) is 6.08 Å². The highest BCUT2D eigenvalue weighted by atomic mass is 16.1. The summed E-state index contributed by atoms with van der Waals surface area (Å²) in [6.07, 6.45) is 9.93. The molecule has 2 nitrogen and oxygen atoms in total. The molecule has 3 fully saturated rings. The van der Waals surface area contributed by atoms with E-state index in [1.54, 1.807) is 0 Å². The summed E-state index contributed by atoms with van der Waals surface area (Å²) in [5, 5.41) is 0. The molecule has 18 heavy (non-hydrogen) atoms. The molecule has 0 aliphatic heterocycles. The molecule has 0 radical (unpaired) electrons. The topological polar surface area (TPSA) is 34.1 Å². The van der Waals surface area contributed by atoms with Crippen molar-refractivity contribution < 1.29 is 9.59 Å². The molecule has 2 heteroatoms. The van der Waals surface area contributed by atoms with Crippen LogP contribution in [0.3, 0.4) is 0 Å². The first-order valence-corrected chi connectivity index (χ1v) is 7.21. The second kappa shape index (κ2) is 3.43. The maximum Gasteiger partial charge on any atom is 0.181 e. The van der Waals surface area contributed by atoms with Crippen LogP contribution in [0.1, 0.15) is 51.4 Å². The minimum Gasteiger partial charge on any atom is -0.299 e. The van der Waals surface area contributed by atoms with E-state index in [4.69, 9.17) is 0 Å². The summed E-state index contributed by atoms with van der Waals surface area (Å²) >= 11 is 0. The van der Waals surface area contributed by atoms with Gasteiger partial charge in [0.05, 0.1) is 0 Å². The van der Waals surface area contributed by atoms with Crippen molar-refractivity contribution in [1.82, 2.24) is 0 Å². The van der Waals surface area contributed by atoms with E-state index in [0.29, 0.717) is 12.2 Å². The molecule has 2 atom stereocenters. The molecule has 2 unspecified atom stereocenters. The average molecular weight is 242 g/mol. The van der Waals surface area contributed by atoms with Gasteiger partial charge < -0.3 is 0 Å². The highest BCUT2D eigenvalue weighted by Gasteiger charge is 2.53. The molecule has 0 heterocycles. The first-order valence-electron chi connectivity index (χ1n) is 7.21. The normalized spacial score (nSPS) is 38.4. The molecule has 0 saturated heterocycles. The van der Waals surface area contributed by atoms with Gasteiger partial charge in [0.15, 0.2) is 5.78 Å². The first kappa shape index (κ1) is 10.7. The Labute approximate surface area is 107 Å². The number of carbonyl (C=O) groups excluding carboxylic acids is 2. The standard InChI is InChI=1S/C16H18O2/c17-14-8-11-7-10-5-6-16(11,9-15(10)18)13-4-2-1-3-12(13)14/h8,10H,1-7,9H2. The first-order chi connectivity index (χ1) is 8.71. The lowest BCUT2D eigenvalue weighted by atomic mass is 9.51. The molecule has 94 valence electrons. The van der Waals surface area contributed by atoms with E-state index in [0.717, 1.165) is 44.1 Å². The maximum absolute atomic E-state index is 12.2. The van der Waals surface area contributed by atoms with Crippen molar-refractivity contribution in [3.8, 4) is 0 Å². The van der Waals surface area contributed by atoms with Gasteiger partial charge in [-0.2, -0.15) is 0 Å². The number of fused-ring (bicyclic) bond motifs is 2. The van der Waals surface area contributed by atoms with Crippen LogP contribution in [0.15, 0.2) is 22.8 Å². The molecule has 0 aromatic carbocycles. The molecular weight excluding hydrogens is 224 g/mol. The van der Waals surface area contributed by atoms with Crippen LogP contribution in [0.5, 0.6) is 0 Å². The van der Waals surface area contributed by atoms with E-state index in [-0.39, 0.29) is 17.1 Å². The summed E-state index contributed by atoms with van der Waals surface area (Å²) < 4.78 is 0. The summed E-state index contributed by atoms with van der Waals surface area (Å²) in [4.78, 5) is 24.3. The molecular formula is C16H18O2. The number of hydrogen-bond donors (Lipinski definition) is 0. The van der Waals surface area contributed by atoms with Crippen LogP contribution in [0, 0.1) is 11.3 Å². The minimum absolute atomic E-state index is 0.00447. The molecule has 2 bridgehead atoms. The number of carbonyl (C=O) groups is 2. The van der Waals surface area contributed by atoms with Crippen LogP contribution in [0.25, 0.3) is 0 Å². The Bertz CT molecular complexity index is 523. The Kier molecular flexibility index (Phi) is 2.04. The third kappa shape index (κ3) is 1.19. The van der Waals surface area contributed by atoms with Gasteiger partial charge in [-0.15, -0.1) is 0 Å². The summed E-state index contributed by atoms with van der Waals surface area (Å²) in [5.74, 6) is 0.923. The van der Waals surface area contributed by atoms with Gasteiger partial charge in [0.25, 0.3) is 0 Å². The largest absolute Gasteiger partial charge is 0.299 e. The quantitative estimate of drug-likeness (QED) is 0.654. The lowest BCUT2D eigenvalue weighted by Crippen LogP contribution is -2.46. The third-order valence-corrected chi connectivity index (χ3v) is 5.58. The molecule has 5 rings (SSSR count). The van der Waals surface area contributed by atoms with Crippen LogP contribution < -0.4 is 0 Å². The second-order valence-electron chi connectivity index (χ2n) is 6.36. The zero-order valence-corrected chi connectivity index (χ0v) is 10.6. The summed E-state index contributed by atoms with van der Waals surface area (Å²) in [5.41, 5.74) is 3.72. The van der Waals surface area contributed by atoms with E-state index in [1.165, 1.54) is 17.6 Å². The van der Waals surface area contributed by atoms with Crippen molar-refractivity contribution in [1.29, 1.82) is 0 Å². The molecule has 0 amide bonds. The molecule has 0 N–H and O–H groups in total. The van der Waals surface area contributed by atoms with Gasteiger partial charge in [0.1, 0.15) is 5.78 Å². The maximum atomic E-state index is 12.2. The number of allylic oxidation sites excluding steroid dienone is 4. The van der Waals surface area contributed by atoms with Crippen LogP contribution in [-0.2, 0) is 9.59 Å². The summed E-state index contributed by atoms with van der Waals surface area (Å²) in [6, 6.07) is 0. The van der Waals surface area contributed by atoms with Gasteiger partial charge in [-0.25, -0.2) is 0 Å².